The standard InChI is InChI=1S/C26H40.C3H6.C2H6.CH2O2/c1-11-19(5)17-26(14-4)24(10)22(8)16-15-21(7)23(9)18-25(13-3)20(6)12-2;1-3-2;1-2;2-1-3/h15-19,24H,6-9,11-14H2,1-5,10H3;3H,1H2,2H3;1-2H3;1H,(H,2,3)/b16-15-,25-18-,26-17-;;;. The van der Waals surface area contributed by atoms with Crippen LogP contribution in [0.3, 0.4) is 0 Å². The molecule has 0 saturated carbocycles. The van der Waals surface area contributed by atoms with E-state index in [1.165, 1.54) is 23.1 Å². The van der Waals surface area contributed by atoms with Crippen molar-refractivity contribution in [1.82, 2.24) is 0 Å². The van der Waals surface area contributed by atoms with Crippen LogP contribution in [0.1, 0.15) is 88.0 Å². The number of carbonyl (C=O) groups is 1. The van der Waals surface area contributed by atoms with E-state index in [-0.39, 0.29) is 6.47 Å². The second-order valence-corrected chi connectivity index (χ2v) is 7.65. The van der Waals surface area contributed by atoms with Gasteiger partial charge in [-0.05, 0) is 54.4 Å². The lowest BCUT2D eigenvalue weighted by atomic mass is 9.88. The van der Waals surface area contributed by atoms with Crippen molar-refractivity contribution in [2.75, 3.05) is 0 Å². The van der Waals surface area contributed by atoms with E-state index in [1.807, 2.05) is 26.8 Å². The maximum atomic E-state index is 8.36. The Kier molecular flexibility index (Phi) is 30.3. The largest absolute Gasteiger partial charge is 0.483 e. The Bertz CT molecular complexity index is 693. The maximum absolute atomic E-state index is 8.36. The molecule has 0 fully saturated rings. The van der Waals surface area contributed by atoms with E-state index in [4.69, 9.17) is 9.90 Å². The Morgan fingerprint density at radius 3 is 1.71 bits per heavy atom. The molecule has 2 heteroatoms. The van der Waals surface area contributed by atoms with Gasteiger partial charge < -0.3 is 5.11 Å². The molecule has 0 amide bonds. The zero-order chi connectivity index (χ0) is 27.7. The van der Waals surface area contributed by atoms with Crippen molar-refractivity contribution < 1.29 is 9.90 Å². The van der Waals surface area contributed by atoms with Gasteiger partial charge >= 0.3 is 0 Å². The summed E-state index contributed by atoms with van der Waals surface area (Å²) in [5.74, 6) is 0.969. The first-order valence-electron chi connectivity index (χ1n) is 12.5. The van der Waals surface area contributed by atoms with Crippen LogP contribution in [-0.2, 0) is 4.79 Å². The highest BCUT2D eigenvalue weighted by Crippen LogP contribution is 2.26. The minimum absolute atomic E-state index is 0.250. The summed E-state index contributed by atoms with van der Waals surface area (Å²) < 4.78 is 0. The van der Waals surface area contributed by atoms with Gasteiger partial charge in [0.05, 0.1) is 0 Å². The van der Waals surface area contributed by atoms with Gasteiger partial charge in [0.1, 0.15) is 0 Å². The van der Waals surface area contributed by atoms with Gasteiger partial charge in [-0.3, -0.25) is 4.79 Å². The topological polar surface area (TPSA) is 37.3 Å². The summed E-state index contributed by atoms with van der Waals surface area (Å²) in [6, 6.07) is 0. The highest BCUT2D eigenvalue weighted by atomic mass is 16.3. The molecule has 194 valence electrons. The smallest absolute Gasteiger partial charge is 0.290 e. The number of rotatable bonds is 12. The molecular weight excluding hydrogens is 416 g/mol. The molecule has 0 aromatic carbocycles. The number of allylic oxidation sites excluding steroid dienone is 11. The average Bonchev–Trinajstić information content (AvgIpc) is 2.84. The minimum atomic E-state index is -0.250. The molecule has 2 nitrogen and oxygen atoms in total. The fraction of sp³-hybridized carbons (Fsp3) is 0.469. The molecule has 2 unspecified atom stereocenters. The van der Waals surface area contributed by atoms with Gasteiger partial charge in [0, 0.05) is 5.92 Å². The predicted octanol–water partition coefficient (Wildman–Crippen LogP) is 10.5. The van der Waals surface area contributed by atoms with Crippen molar-refractivity contribution in [3.05, 3.63) is 96.7 Å². The van der Waals surface area contributed by atoms with Crippen molar-refractivity contribution in [3.8, 4) is 0 Å². The fourth-order valence-electron chi connectivity index (χ4n) is 2.73. The summed E-state index contributed by atoms with van der Waals surface area (Å²) in [7, 11) is 0. The summed E-state index contributed by atoms with van der Waals surface area (Å²) in [5.41, 5.74) is 6.88. The molecule has 0 aromatic heterocycles. The first-order chi connectivity index (χ1) is 16.0. The van der Waals surface area contributed by atoms with Crippen molar-refractivity contribution >= 4 is 6.47 Å². The number of hydrogen-bond donors (Lipinski definition) is 1. The number of carboxylic acid groups (broad SMARTS) is 1. The van der Waals surface area contributed by atoms with E-state index in [1.54, 1.807) is 6.08 Å². The predicted molar refractivity (Wildman–Crippen MR) is 157 cm³/mol. The molecule has 0 spiro atoms. The van der Waals surface area contributed by atoms with Crippen LogP contribution in [0.2, 0.25) is 0 Å². The second-order valence-electron chi connectivity index (χ2n) is 7.65. The number of hydrogen-bond acceptors (Lipinski definition) is 1. The highest BCUT2D eigenvalue weighted by molar-refractivity contribution is 5.48. The van der Waals surface area contributed by atoms with Crippen LogP contribution in [0.4, 0.5) is 0 Å². The van der Waals surface area contributed by atoms with Crippen LogP contribution in [0.15, 0.2) is 96.7 Å². The molecule has 0 aromatic rings. The molecule has 0 aliphatic carbocycles. The van der Waals surface area contributed by atoms with Crippen LogP contribution >= 0.6 is 0 Å². The second kappa shape index (κ2) is 26.6. The van der Waals surface area contributed by atoms with Gasteiger partial charge in [0.15, 0.2) is 0 Å². The third-order valence-corrected chi connectivity index (χ3v) is 5.18. The van der Waals surface area contributed by atoms with Crippen molar-refractivity contribution in [1.29, 1.82) is 0 Å². The molecular formula is C32H54O2. The summed E-state index contributed by atoms with van der Waals surface area (Å²) in [4.78, 5) is 8.36. The zero-order valence-corrected chi connectivity index (χ0v) is 23.8. The molecule has 0 rings (SSSR count). The third-order valence-electron chi connectivity index (χ3n) is 5.18. The van der Waals surface area contributed by atoms with Gasteiger partial charge in [-0.1, -0.05) is 130 Å². The van der Waals surface area contributed by atoms with Gasteiger partial charge in [0.2, 0.25) is 0 Å². The fourth-order valence-corrected chi connectivity index (χ4v) is 2.73. The van der Waals surface area contributed by atoms with E-state index < -0.39 is 0 Å². The van der Waals surface area contributed by atoms with Gasteiger partial charge in [-0.2, -0.15) is 0 Å². The lowest BCUT2D eigenvalue weighted by Crippen LogP contribution is -2.03. The van der Waals surface area contributed by atoms with Crippen molar-refractivity contribution in [2.45, 2.75) is 88.0 Å². The van der Waals surface area contributed by atoms with Crippen LogP contribution in [0, 0.1) is 11.8 Å². The van der Waals surface area contributed by atoms with Crippen molar-refractivity contribution in [3.63, 3.8) is 0 Å². The monoisotopic (exact) mass is 470 g/mol. The third kappa shape index (κ3) is 20.0. The Labute approximate surface area is 213 Å². The van der Waals surface area contributed by atoms with E-state index in [9.17, 15) is 0 Å². The van der Waals surface area contributed by atoms with Crippen LogP contribution in [0.25, 0.3) is 0 Å². The molecule has 0 heterocycles. The molecule has 34 heavy (non-hydrogen) atoms. The summed E-state index contributed by atoms with van der Waals surface area (Å²) in [6.07, 6.45) is 14.6. The van der Waals surface area contributed by atoms with E-state index in [2.05, 4.69) is 92.7 Å². The minimum Gasteiger partial charge on any atom is -0.483 e. The lowest BCUT2D eigenvalue weighted by molar-refractivity contribution is -0.122. The first-order valence-corrected chi connectivity index (χ1v) is 12.5. The SMILES string of the molecule is C=C(/C=C\C(=C)C(C)/C(=C\C(C)CC)CC)C(=C)/C=C(/CC)C(=C)CC.C=CC.CC.O=CO. The lowest BCUT2D eigenvalue weighted by Gasteiger charge is -2.17. The Balaban J connectivity index is -0.000000493. The molecule has 0 bridgehead atoms. The van der Waals surface area contributed by atoms with Gasteiger partial charge in [-0.25, -0.2) is 0 Å². The molecule has 1 N–H and O–H groups in total. The van der Waals surface area contributed by atoms with Crippen LogP contribution in [-0.4, -0.2) is 11.6 Å². The Morgan fingerprint density at radius 1 is 0.882 bits per heavy atom. The first kappa shape index (κ1) is 38.6. The van der Waals surface area contributed by atoms with Crippen LogP contribution < -0.4 is 0 Å². The average molecular weight is 471 g/mol. The van der Waals surface area contributed by atoms with Gasteiger partial charge in [0.25, 0.3) is 6.47 Å². The molecule has 0 saturated heterocycles. The summed E-state index contributed by atoms with van der Waals surface area (Å²) in [5, 5.41) is 6.89. The molecule has 0 aliphatic heterocycles. The van der Waals surface area contributed by atoms with Crippen molar-refractivity contribution in [2.24, 2.45) is 11.8 Å². The van der Waals surface area contributed by atoms with E-state index in [0.717, 1.165) is 36.0 Å². The Hall–Kier alpha value is -2.61. The molecule has 0 radical (unpaired) electrons. The van der Waals surface area contributed by atoms with E-state index in [0.29, 0.717) is 11.8 Å². The van der Waals surface area contributed by atoms with Gasteiger partial charge in [-0.15, -0.1) is 6.58 Å². The molecule has 2 atom stereocenters. The maximum Gasteiger partial charge on any atom is 0.290 e. The summed E-state index contributed by atoms with van der Waals surface area (Å²) in [6.45, 7) is 39.0. The molecule has 0 aliphatic rings. The zero-order valence-electron chi connectivity index (χ0n) is 23.8. The van der Waals surface area contributed by atoms with E-state index >= 15 is 0 Å². The highest BCUT2D eigenvalue weighted by Gasteiger charge is 2.10. The van der Waals surface area contributed by atoms with Crippen LogP contribution in [0.5, 0.6) is 0 Å². The quantitative estimate of drug-likeness (QED) is 0.175. The summed E-state index contributed by atoms with van der Waals surface area (Å²) >= 11 is 0. The Morgan fingerprint density at radius 2 is 1.35 bits per heavy atom. The normalized spacial score (nSPS) is 12.4.